The molecule has 11 heavy (non-hydrogen) atoms. The Bertz CT molecular complexity index is 121. The molecule has 3 heteroatoms. The molecule has 0 heterocycles. The Balaban J connectivity index is 0.000001000. The molecular formula is C8H17ClFN. The van der Waals surface area contributed by atoms with Gasteiger partial charge >= 0.3 is 0 Å². The summed E-state index contributed by atoms with van der Waals surface area (Å²) in [6.45, 7) is 1.88. The number of halogens is 2. The van der Waals surface area contributed by atoms with Gasteiger partial charge in [0, 0.05) is 6.04 Å². The normalized spacial score (nSPS) is 37.9. The molecule has 1 nitrogen and oxygen atoms in total. The van der Waals surface area contributed by atoms with Crippen LogP contribution in [0.25, 0.3) is 0 Å². The van der Waals surface area contributed by atoms with Crippen LogP contribution in [0.1, 0.15) is 39.0 Å². The van der Waals surface area contributed by atoms with Crippen molar-refractivity contribution in [3.05, 3.63) is 0 Å². The lowest BCUT2D eigenvalue weighted by molar-refractivity contribution is 0.0774. The van der Waals surface area contributed by atoms with Crippen molar-refractivity contribution in [1.82, 2.24) is 0 Å². The molecule has 0 radical (unpaired) electrons. The van der Waals surface area contributed by atoms with Gasteiger partial charge in [-0.25, -0.2) is 4.39 Å². The number of hydrogen-bond acceptors (Lipinski definition) is 1. The average molecular weight is 182 g/mol. The molecule has 0 unspecified atom stereocenters. The first-order valence-corrected chi connectivity index (χ1v) is 4.13. The van der Waals surface area contributed by atoms with Crippen LogP contribution in [-0.4, -0.2) is 11.7 Å². The highest BCUT2D eigenvalue weighted by Crippen LogP contribution is 2.33. The number of nitrogens with two attached hydrogens (primary N) is 1. The maximum absolute atomic E-state index is 13.6. The molecule has 1 aliphatic carbocycles. The fourth-order valence-electron chi connectivity index (χ4n) is 1.67. The van der Waals surface area contributed by atoms with Crippen molar-refractivity contribution < 1.29 is 4.39 Å². The van der Waals surface area contributed by atoms with Crippen LogP contribution in [0.5, 0.6) is 0 Å². The highest BCUT2D eigenvalue weighted by atomic mass is 35.5. The molecule has 0 aromatic heterocycles. The van der Waals surface area contributed by atoms with Crippen molar-refractivity contribution >= 4 is 12.4 Å². The van der Waals surface area contributed by atoms with Gasteiger partial charge < -0.3 is 5.73 Å². The zero-order chi connectivity index (χ0) is 7.61. The van der Waals surface area contributed by atoms with E-state index in [2.05, 4.69) is 0 Å². The first kappa shape index (κ1) is 11.2. The minimum atomic E-state index is -1.04. The first-order chi connectivity index (χ1) is 4.69. The average Bonchev–Trinajstić information content (AvgIpc) is 1.96. The van der Waals surface area contributed by atoms with Crippen molar-refractivity contribution in [2.24, 2.45) is 5.73 Å². The molecule has 0 aliphatic heterocycles. The summed E-state index contributed by atoms with van der Waals surface area (Å²) in [5.74, 6) is 0. The highest BCUT2D eigenvalue weighted by molar-refractivity contribution is 5.85. The Morgan fingerprint density at radius 3 is 2.55 bits per heavy atom. The predicted molar refractivity (Wildman–Crippen MR) is 47.8 cm³/mol. The van der Waals surface area contributed by atoms with Gasteiger partial charge in [0.1, 0.15) is 5.67 Å². The second kappa shape index (κ2) is 4.27. The molecule has 0 aromatic carbocycles. The van der Waals surface area contributed by atoms with Crippen LogP contribution in [0.2, 0.25) is 0 Å². The van der Waals surface area contributed by atoms with Gasteiger partial charge in [-0.05, 0) is 19.3 Å². The van der Waals surface area contributed by atoms with E-state index in [1.165, 1.54) is 0 Å². The Morgan fingerprint density at radius 2 is 2.18 bits per heavy atom. The van der Waals surface area contributed by atoms with E-state index in [1.807, 2.05) is 6.92 Å². The summed E-state index contributed by atoms with van der Waals surface area (Å²) >= 11 is 0. The quantitative estimate of drug-likeness (QED) is 0.661. The number of rotatable bonds is 1. The summed E-state index contributed by atoms with van der Waals surface area (Å²) in [4.78, 5) is 0. The Kier molecular flexibility index (Phi) is 4.34. The van der Waals surface area contributed by atoms with E-state index in [-0.39, 0.29) is 18.4 Å². The maximum atomic E-state index is 13.6. The molecule has 0 aromatic rings. The van der Waals surface area contributed by atoms with E-state index in [0.29, 0.717) is 12.8 Å². The molecule has 1 aliphatic rings. The summed E-state index contributed by atoms with van der Waals surface area (Å²) in [6.07, 6.45) is 4.23. The van der Waals surface area contributed by atoms with Gasteiger partial charge in [0.15, 0.2) is 0 Å². The van der Waals surface area contributed by atoms with E-state index < -0.39 is 5.67 Å². The van der Waals surface area contributed by atoms with E-state index in [9.17, 15) is 4.39 Å². The van der Waals surface area contributed by atoms with E-state index in [4.69, 9.17) is 5.73 Å². The minimum Gasteiger partial charge on any atom is -0.325 e. The Labute approximate surface area is 73.9 Å². The highest BCUT2D eigenvalue weighted by Gasteiger charge is 2.36. The molecule has 0 saturated heterocycles. The third-order valence-electron chi connectivity index (χ3n) is 2.61. The van der Waals surface area contributed by atoms with Crippen LogP contribution in [0.3, 0.4) is 0 Å². The van der Waals surface area contributed by atoms with Gasteiger partial charge in [-0.2, -0.15) is 0 Å². The smallest absolute Gasteiger partial charge is 0.125 e. The Hall–Kier alpha value is 0.180. The van der Waals surface area contributed by atoms with Crippen molar-refractivity contribution in [2.45, 2.75) is 50.7 Å². The summed E-state index contributed by atoms with van der Waals surface area (Å²) in [6, 6.07) is -0.203. The molecule has 1 rings (SSSR count). The zero-order valence-corrected chi connectivity index (χ0v) is 7.79. The van der Waals surface area contributed by atoms with Crippen LogP contribution in [0.4, 0.5) is 4.39 Å². The van der Waals surface area contributed by atoms with Crippen LogP contribution in [0, 0.1) is 0 Å². The van der Waals surface area contributed by atoms with Gasteiger partial charge in [0.05, 0.1) is 0 Å². The van der Waals surface area contributed by atoms with Gasteiger partial charge in [0.2, 0.25) is 0 Å². The van der Waals surface area contributed by atoms with E-state index in [1.54, 1.807) is 0 Å². The van der Waals surface area contributed by atoms with Gasteiger partial charge in [-0.3, -0.25) is 0 Å². The lowest BCUT2D eigenvalue weighted by Crippen LogP contribution is -2.46. The van der Waals surface area contributed by atoms with Crippen LogP contribution in [-0.2, 0) is 0 Å². The Morgan fingerprint density at radius 1 is 1.55 bits per heavy atom. The molecule has 68 valence electrons. The molecule has 1 fully saturated rings. The molecule has 2 N–H and O–H groups in total. The number of hydrogen-bond donors (Lipinski definition) is 1. The van der Waals surface area contributed by atoms with Gasteiger partial charge in [-0.1, -0.05) is 19.8 Å². The topological polar surface area (TPSA) is 26.0 Å². The zero-order valence-electron chi connectivity index (χ0n) is 6.98. The molecular weight excluding hydrogens is 165 g/mol. The van der Waals surface area contributed by atoms with Crippen LogP contribution >= 0.6 is 12.4 Å². The molecule has 2 atom stereocenters. The molecule has 0 spiro atoms. The first-order valence-electron chi connectivity index (χ1n) is 4.13. The van der Waals surface area contributed by atoms with Crippen molar-refractivity contribution in [3.63, 3.8) is 0 Å². The fraction of sp³-hybridized carbons (Fsp3) is 1.00. The van der Waals surface area contributed by atoms with E-state index in [0.717, 1.165) is 19.3 Å². The summed E-state index contributed by atoms with van der Waals surface area (Å²) in [7, 11) is 0. The van der Waals surface area contributed by atoms with E-state index >= 15 is 0 Å². The van der Waals surface area contributed by atoms with Gasteiger partial charge in [0.25, 0.3) is 0 Å². The lowest BCUT2D eigenvalue weighted by atomic mass is 9.81. The predicted octanol–water partition coefficient (Wildman–Crippen LogP) is 2.43. The van der Waals surface area contributed by atoms with Crippen molar-refractivity contribution in [1.29, 1.82) is 0 Å². The second-order valence-electron chi connectivity index (χ2n) is 3.24. The number of alkyl halides is 1. The van der Waals surface area contributed by atoms with Crippen LogP contribution < -0.4 is 5.73 Å². The third kappa shape index (κ3) is 2.31. The summed E-state index contributed by atoms with van der Waals surface area (Å²) in [5, 5.41) is 0. The minimum absolute atomic E-state index is 0. The lowest BCUT2D eigenvalue weighted by Gasteiger charge is -2.34. The van der Waals surface area contributed by atoms with Gasteiger partial charge in [-0.15, -0.1) is 12.4 Å². The SMILES string of the molecule is CC[C@]1(F)CCCC[C@@H]1N.Cl. The summed E-state index contributed by atoms with van der Waals surface area (Å²) in [5.41, 5.74) is 4.61. The standard InChI is InChI=1S/C8H16FN.ClH/c1-2-8(9)6-4-3-5-7(8)10;/h7H,2-6,10H2,1H3;1H/t7-,8-;/m0./s1. The molecule has 1 saturated carbocycles. The van der Waals surface area contributed by atoms with Crippen molar-refractivity contribution in [3.8, 4) is 0 Å². The summed E-state index contributed by atoms with van der Waals surface area (Å²) < 4.78 is 13.6. The second-order valence-corrected chi connectivity index (χ2v) is 3.24. The maximum Gasteiger partial charge on any atom is 0.125 e. The fourth-order valence-corrected chi connectivity index (χ4v) is 1.67. The van der Waals surface area contributed by atoms with Crippen LogP contribution in [0.15, 0.2) is 0 Å². The van der Waals surface area contributed by atoms with Crippen molar-refractivity contribution in [2.75, 3.05) is 0 Å². The molecule has 0 bridgehead atoms. The largest absolute Gasteiger partial charge is 0.325 e. The monoisotopic (exact) mass is 181 g/mol. The molecule has 0 amide bonds. The third-order valence-corrected chi connectivity index (χ3v) is 2.61.